The van der Waals surface area contributed by atoms with Crippen LogP contribution in [0, 0.1) is 10.1 Å². The number of nitro benzene ring substituents is 1. The molecule has 0 aliphatic carbocycles. The standard InChI is InChI=1S/C12H15N3O4/c16-9-5-10(13-7-9)12(17)14-6-8-3-1-2-4-11(8)15(18)19/h1-4,9-10,13,16H,5-7H2,(H,14,17). The summed E-state index contributed by atoms with van der Waals surface area (Å²) in [4.78, 5) is 22.1. The lowest BCUT2D eigenvalue weighted by Gasteiger charge is -2.11. The molecule has 19 heavy (non-hydrogen) atoms. The van der Waals surface area contributed by atoms with Crippen LogP contribution in [-0.4, -0.2) is 34.6 Å². The van der Waals surface area contributed by atoms with E-state index in [4.69, 9.17) is 0 Å². The van der Waals surface area contributed by atoms with Crippen molar-refractivity contribution < 1.29 is 14.8 Å². The average molecular weight is 265 g/mol. The van der Waals surface area contributed by atoms with Crippen molar-refractivity contribution in [3.05, 3.63) is 39.9 Å². The third-order valence-corrected chi connectivity index (χ3v) is 3.07. The van der Waals surface area contributed by atoms with Gasteiger partial charge >= 0.3 is 0 Å². The number of aliphatic hydroxyl groups excluding tert-OH is 1. The van der Waals surface area contributed by atoms with Crippen molar-refractivity contribution >= 4 is 11.6 Å². The molecule has 7 heteroatoms. The van der Waals surface area contributed by atoms with Crippen molar-refractivity contribution in [1.82, 2.24) is 10.6 Å². The molecular formula is C12H15N3O4. The predicted octanol–water partition coefficient (Wildman–Crippen LogP) is -0.0662. The maximum absolute atomic E-state index is 11.8. The number of nitro groups is 1. The number of para-hydroxylation sites is 1. The minimum atomic E-state index is -0.512. The molecular weight excluding hydrogens is 250 g/mol. The molecule has 2 rings (SSSR count). The number of hydrogen-bond donors (Lipinski definition) is 3. The van der Waals surface area contributed by atoms with Crippen molar-refractivity contribution in [2.24, 2.45) is 0 Å². The van der Waals surface area contributed by atoms with E-state index >= 15 is 0 Å². The second kappa shape index (κ2) is 5.77. The fourth-order valence-corrected chi connectivity index (χ4v) is 2.06. The number of hydrogen-bond acceptors (Lipinski definition) is 5. The highest BCUT2D eigenvalue weighted by Gasteiger charge is 2.28. The molecule has 1 heterocycles. The molecule has 1 saturated heterocycles. The summed E-state index contributed by atoms with van der Waals surface area (Å²) in [5.74, 6) is -0.255. The number of carbonyl (C=O) groups is 1. The van der Waals surface area contributed by atoms with Gasteiger partial charge in [-0.3, -0.25) is 14.9 Å². The molecule has 1 aromatic carbocycles. The molecule has 2 atom stereocenters. The molecule has 0 bridgehead atoms. The Balaban J connectivity index is 1.95. The summed E-state index contributed by atoms with van der Waals surface area (Å²) in [7, 11) is 0. The van der Waals surface area contributed by atoms with Gasteiger partial charge in [0.1, 0.15) is 0 Å². The molecule has 0 aromatic heterocycles. The van der Waals surface area contributed by atoms with Gasteiger partial charge in [-0.25, -0.2) is 0 Å². The second-order valence-electron chi connectivity index (χ2n) is 4.45. The van der Waals surface area contributed by atoms with Gasteiger partial charge in [0.2, 0.25) is 5.91 Å². The van der Waals surface area contributed by atoms with Gasteiger partial charge in [-0.1, -0.05) is 18.2 Å². The van der Waals surface area contributed by atoms with Crippen LogP contribution in [0.3, 0.4) is 0 Å². The summed E-state index contributed by atoms with van der Waals surface area (Å²) < 4.78 is 0. The van der Waals surface area contributed by atoms with Crippen LogP contribution in [0.4, 0.5) is 5.69 Å². The number of carbonyl (C=O) groups excluding carboxylic acids is 1. The fraction of sp³-hybridized carbons (Fsp3) is 0.417. The van der Waals surface area contributed by atoms with E-state index in [9.17, 15) is 20.0 Å². The zero-order chi connectivity index (χ0) is 13.8. The summed E-state index contributed by atoms with van der Waals surface area (Å²) in [6, 6.07) is 5.84. The monoisotopic (exact) mass is 265 g/mol. The SMILES string of the molecule is O=C(NCc1ccccc1[N+](=O)[O-])C1CC(O)CN1. The zero-order valence-electron chi connectivity index (χ0n) is 10.2. The Morgan fingerprint density at radius 1 is 1.53 bits per heavy atom. The van der Waals surface area contributed by atoms with Crippen LogP contribution in [0.15, 0.2) is 24.3 Å². The first-order valence-electron chi connectivity index (χ1n) is 5.99. The Labute approximate surface area is 109 Å². The van der Waals surface area contributed by atoms with Gasteiger partial charge < -0.3 is 15.7 Å². The number of nitrogens with one attached hydrogen (secondary N) is 2. The van der Waals surface area contributed by atoms with Crippen molar-refractivity contribution in [1.29, 1.82) is 0 Å². The Bertz CT molecular complexity index is 492. The first-order chi connectivity index (χ1) is 9.08. The van der Waals surface area contributed by atoms with Crippen LogP contribution in [0.25, 0.3) is 0 Å². The van der Waals surface area contributed by atoms with E-state index < -0.39 is 17.1 Å². The molecule has 0 radical (unpaired) electrons. The number of aliphatic hydroxyl groups is 1. The molecule has 1 aromatic rings. The van der Waals surface area contributed by atoms with Crippen LogP contribution in [0.2, 0.25) is 0 Å². The minimum absolute atomic E-state index is 0.0118. The molecule has 3 N–H and O–H groups in total. The smallest absolute Gasteiger partial charge is 0.274 e. The van der Waals surface area contributed by atoms with Gasteiger partial charge in [0, 0.05) is 24.7 Å². The predicted molar refractivity (Wildman–Crippen MR) is 67.4 cm³/mol. The summed E-state index contributed by atoms with van der Waals surface area (Å²) in [5, 5.41) is 25.7. The van der Waals surface area contributed by atoms with Crippen LogP contribution < -0.4 is 10.6 Å². The quantitative estimate of drug-likeness (QED) is 0.522. The van der Waals surface area contributed by atoms with Crippen LogP contribution in [0.5, 0.6) is 0 Å². The van der Waals surface area contributed by atoms with Crippen molar-refractivity contribution in [3.63, 3.8) is 0 Å². The zero-order valence-corrected chi connectivity index (χ0v) is 10.2. The third-order valence-electron chi connectivity index (χ3n) is 3.07. The van der Waals surface area contributed by atoms with E-state index in [1.54, 1.807) is 18.2 Å². The van der Waals surface area contributed by atoms with E-state index in [0.717, 1.165) is 0 Å². The maximum Gasteiger partial charge on any atom is 0.274 e. The summed E-state index contributed by atoms with van der Waals surface area (Å²) >= 11 is 0. The van der Waals surface area contributed by atoms with E-state index in [1.165, 1.54) is 6.07 Å². The molecule has 7 nitrogen and oxygen atoms in total. The van der Waals surface area contributed by atoms with Gasteiger partial charge in [0.05, 0.1) is 17.1 Å². The Morgan fingerprint density at radius 2 is 2.26 bits per heavy atom. The highest BCUT2D eigenvalue weighted by molar-refractivity contribution is 5.82. The van der Waals surface area contributed by atoms with Gasteiger partial charge in [-0.15, -0.1) is 0 Å². The average Bonchev–Trinajstić information content (AvgIpc) is 2.83. The molecule has 102 valence electrons. The van der Waals surface area contributed by atoms with Crippen LogP contribution >= 0.6 is 0 Å². The lowest BCUT2D eigenvalue weighted by molar-refractivity contribution is -0.385. The van der Waals surface area contributed by atoms with E-state index in [2.05, 4.69) is 10.6 Å². The number of benzene rings is 1. The molecule has 1 fully saturated rings. The van der Waals surface area contributed by atoms with E-state index in [1.807, 2.05) is 0 Å². The Hall–Kier alpha value is -1.99. The van der Waals surface area contributed by atoms with E-state index in [0.29, 0.717) is 18.5 Å². The Morgan fingerprint density at radius 3 is 2.89 bits per heavy atom. The summed E-state index contributed by atoms with van der Waals surface area (Å²) in [6.07, 6.45) is -0.148. The van der Waals surface area contributed by atoms with Crippen LogP contribution in [-0.2, 0) is 11.3 Å². The van der Waals surface area contributed by atoms with Crippen molar-refractivity contribution in [2.45, 2.75) is 25.1 Å². The maximum atomic E-state index is 11.8. The highest BCUT2D eigenvalue weighted by Crippen LogP contribution is 2.17. The first kappa shape index (κ1) is 13.4. The number of rotatable bonds is 4. The lowest BCUT2D eigenvalue weighted by atomic mass is 10.1. The van der Waals surface area contributed by atoms with Gasteiger partial charge in [-0.05, 0) is 6.42 Å². The fourth-order valence-electron chi connectivity index (χ4n) is 2.06. The largest absolute Gasteiger partial charge is 0.392 e. The molecule has 1 amide bonds. The summed E-state index contributed by atoms with van der Waals surface area (Å²) in [5.41, 5.74) is 0.446. The first-order valence-corrected chi connectivity index (χ1v) is 5.99. The van der Waals surface area contributed by atoms with Crippen LogP contribution in [0.1, 0.15) is 12.0 Å². The minimum Gasteiger partial charge on any atom is -0.392 e. The molecule has 1 aliphatic heterocycles. The normalized spacial score (nSPS) is 22.2. The number of nitrogens with zero attached hydrogens (tertiary/aromatic N) is 1. The Kier molecular flexibility index (Phi) is 4.08. The topological polar surface area (TPSA) is 104 Å². The van der Waals surface area contributed by atoms with Gasteiger partial charge in [0.25, 0.3) is 5.69 Å². The second-order valence-corrected chi connectivity index (χ2v) is 4.45. The van der Waals surface area contributed by atoms with Crippen molar-refractivity contribution in [2.75, 3.05) is 6.54 Å². The van der Waals surface area contributed by atoms with Crippen molar-refractivity contribution in [3.8, 4) is 0 Å². The highest BCUT2D eigenvalue weighted by atomic mass is 16.6. The van der Waals surface area contributed by atoms with Gasteiger partial charge in [0.15, 0.2) is 0 Å². The van der Waals surface area contributed by atoms with Gasteiger partial charge in [-0.2, -0.15) is 0 Å². The molecule has 1 aliphatic rings. The number of β-amino-alcohol motifs (C(OH)–C–C–N with tert-alkyl or cyclic N) is 1. The van der Waals surface area contributed by atoms with E-state index in [-0.39, 0.29) is 18.1 Å². The molecule has 2 unspecified atom stereocenters. The third kappa shape index (κ3) is 3.27. The number of amides is 1. The molecule has 0 spiro atoms. The lowest BCUT2D eigenvalue weighted by Crippen LogP contribution is -2.40. The molecule has 0 saturated carbocycles. The summed E-state index contributed by atoms with van der Waals surface area (Å²) in [6.45, 7) is 0.494.